The summed E-state index contributed by atoms with van der Waals surface area (Å²) in [5.41, 5.74) is 0. The van der Waals surface area contributed by atoms with E-state index in [-0.39, 0.29) is 5.38 Å². The molecule has 0 aromatic heterocycles. The maximum Gasteiger partial charge on any atom is 0.0693 e. The zero-order chi connectivity index (χ0) is 10.2. The van der Waals surface area contributed by atoms with Gasteiger partial charge in [0.05, 0.1) is 18.1 Å². The van der Waals surface area contributed by atoms with Crippen molar-refractivity contribution in [3.63, 3.8) is 0 Å². The van der Waals surface area contributed by atoms with Gasteiger partial charge in [-0.15, -0.1) is 11.6 Å². The van der Waals surface area contributed by atoms with E-state index in [1.807, 2.05) is 0 Å². The van der Waals surface area contributed by atoms with E-state index in [0.717, 1.165) is 26.1 Å². The molecule has 1 aliphatic rings. The Balaban J connectivity index is 1.88. The van der Waals surface area contributed by atoms with Gasteiger partial charge in [0.1, 0.15) is 0 Å². The third kappa shape index (κ3) is 5.15. The van der Waals surface area contributed by atoms with Gasteiger partial charge in [0.25, 0.3) is 0 Å². The van der Waals surface area contributed by atoms with Gasteiger partial charge in [-0.25, -0.2) is 0 Å². The van der Waals surface area contributed by atoms with Crippen molar-refractivity contribution in [2.75, 3.05) is 33.4 Å². The molecule has 0 aromatic carbocycles. The summed E-state index contributed by atoms with van der Waals surface area (Å²) >= 11 is 5.96. The van der Waals surface area contributed by atoms with Crippen molar-refractivity contribution in [1.29, 1.82) is 0 Å². The number of nitrogens with one attached hydrogen (secondary N) is 1. The first kappa shape index (κ1) is 12.2. The summed E-state index contributed by atoms with van der Waals surface area (Å²) in [5.74, 6) is 0. The van der Waals surface area contributed by atoms with Crippen LogP contribution in [0.1, 0.15) is 19.3 Å². The first-order valence-electron chi connectivity index (χ1n) is 5.28. The Morgan fingerprint density at radius 1 is 1.64 bits per heavy atom. The van der Waals surface area contributed by atoms with Crippen LogP contribution < -0.4 is 5.32 Å². The summed E-state index contributed by atoms with van der Waals surface area (Å²) in [5, 5.41) is 3.38. The van der Waals surface area contributed by atoms with Crippen molar-refractivity contribution < 1.29 is 9.47 Å². The lowest BCUT2D eigenvalue weighted by Crippen LogP contribution is -2.28. The molecule has 1 fully saturated rings. The molecule has 2 atom stereocenters. The first-order valence-corrected chi connectivity index (χ1v) is 5.72. The molecule has 0 saturated carbocycles. The van der Waals surface area contributed by atoms with E-state index in [9.17, 15) is 0 Å². The molecular formula is C10H20ClNO2. The molecule has 0 radical (unpaired) electrons. The molecule has 84 valence electrons. The molecule has 1 heterocycles. The van der Waals surface area contributed by atoms with Crippen molar-refractivity contribution >= 4 is 11.6 Å². The summed E-state index contributed by atoms with van der Waals surface area (Å²) in [4.78, 5) is 0. The van der Waals surface area contributed by atoms with E-state index in [2.05, 4.69) is 5.32 Å². The predicted molar refractivity (Wildman–Crippen MR) is 58.0 cm³/mol. The predicted octanol–water partition coefficient (Wildman–Crippen LogP) is 1.40. The van der Waals surface area contributed by atoms with Crippen molar-refractivity contribution in [2.24, 2.45) is 0 Å². The van der Waals surface area contributed by atoms with Gasteiger partial charge in [-0.05, 0) is 25.8 Å². The molecule has 1 saturated heterocycles. The molecule has 1 rings (SSSR count). The lowest BCUT2D eigenvalue weighted by molar-refractivity contribution is 0.104. The SMILES string of the molecule is COCC(Cl)CNCCC1CCCO1. The fourth-order valence-corrected chi connectivity index (χ4v) is 1.87. The monoisotopic (exact) mass is 221 g/mol. The zero-order valence-electron chi connectivity index (χ0n) is 8.80. The van der Waals surface area contributed by atoms with Crippen LogP contribution in [0, 0.1) is 0 Å². The topological polar surface area (TPSA) is 30.5 Å². The van der Waals surface area contributed by atoms with Crippen LogP contribution in [-0.4, -0.2) is 44.9 Å². The van der Waals surface area contributed by atoms with Crippen molar-refractivity contribution in [2.45, 2.75) is 30.7 Å². The minimum atomic E-state index is 0.0736. The average Bonchev–Trinajstić information content (AvgIpc) is 2.65. The Kier molecular flexibility index (Phi) is 6.52. The van der Waals surface area contributed by atoms with E-state index in [1.54, 1.807) is 7.11 Å². The number of hydrogen-bond acceptors (Lipinski definition) is 3. The van der Waals surface area contributed by atoms with Gasteiger partial charge in [-0.3, -0.25) is 0 Å². The van der Waals surface area contributed by atoms with Crippen LogP contribution in [0.2, 0.25) is 0 Å². The normalized spacial score (nSPS) is 24.0. The van der Waals surface area contributed by atoms with Crippen LogP contribution in [-0.2, 0) is 9.47 Å². The summed E-state index contributed by atoms with van der Waals surface area (Å²) in [6, 6.07) is 0. The third-order valence-corrected chi connectivity index (χ3v) is 2.66. The molecule has 1 N–H and O–H groups in total. The number of halogens is 1. The molecule has 4 heteroatoms. The number of alkyl halides is 1. The number of hydrogen-bond donors (Lipinski definition) is 1. The number of rotatable bonds is 7. The Morgan fingerprint density at radius 2 is 2.50 bits per heavy atom. The minimum absolute atomic E-state index is 0.0736. The summed E-state index contributed by atoms with van der Waals surface area (Å²) < 4.78 is 10.4. The van der Waals surface area contributed by atoms with Crippen molar-refractivity contribution in [3.05, 3.63) is 0 Å². The maximum atomic E-state index is 5.96. The molecule has 2 unspecified atom stereocenters. The summed E-state index contributed by atoms with van der Waals surface area (Å²) in [6.45, 7) is 3.33. The van der Waals surface area contributed by atoms with Gasteiger partial charge in [-0.1, -0.05) is 0 Å². The largest absolute Gasteiger partial charge is 0.383 e. The average molecular weight is 222 g/mol. The van der Waals surface area contributed by atoms with Crippen LogP contribution in [0.5, 0.6) is 0 Å². The Bertz CT molecular complexity index is 140. The summed E-state index contributed by atoms with van der Waals surface area (Å²) in [7, 11) is 1.67. The highest BCUT2D eigenvalue weighted by molar-refractivity contribution is 6.20. The molecular weight excluding hydrogens is 202 g/mol. The molecule has 14 heavy (non-hydrogen) atoms. The van der Waals surface area contributed by atoms with Crippen LogP contribution in [0.3, 0.4) is 0 Å². The van der Waals surface area contributed by atoms with E-state index >= 15 is 0 Å². The van der Waals surface area contributed by atoms with Crippen molar-refractivity contribution in [1.82, 2.24) is 5.32 Å². The van der Waals surface area contributed by atoms with E-state index in [0.29, 0.717) is 12.7 Å². The quantitative estimate of drug-likeness (QED) is 0.521. The fraction of sp³-hybridized carbons (Fsp3) is 1.00. The smallest absolute Gasteiger partial charge is 0.0693 e. The van der Waals surface area contributed by atoms with E-state index < -0.39 is 0 Å². The van der Waals surface area contributed by atoms with Gasteiger partial charge in [0.15, 0.2) is 0 Å². The third-order valence-electron chi connectivity index (χ3n) is 2.38. The Hall–Kier alpha value is 0.170. The second-order valence-electron chi connectivity index (χ2n) is 3.68. The Morgan fingerprint density at radius 3 is 3.14 bits per heavy atom. The molecule has 0 amide bonds. The minimum Gasteiger partial charge on any atom is -0.383 e. The highest BCUT2D eigenvalue weighted by Gasteiger charge is 2.14. The lowest BCUT2D eigenvalue weighted by Gasteiger charge is -2.12. The van der Waals surface area contributed by atoms with Crippen molar-refractivity contribution in [3.8, 4) is 0 Å². The number of ether oxygens (including phenoxy) is 2. The zero-order valence-corrected chi connectivity index (χ0v) is 9.55. The maximum absolute atomic E-state index is 5.96. The standard InChI is InChI=1S/C10H20ClNO2/c1-13-8-9(11)7-12-5-4-10-3-2-6-14-10/h9-10,12H,2-8H2,1H3. The highest BCUT2D eigenvalue weighted by Crippen LogP contribution is 2.14. The lowest BCUT2D eigenvalue weighted by atomic mass is 10.2. The highest BCUT2D eigenvalue weighted by atomic mass is 35.5. The van der Waals surface area contributed by atoms with E-state index in [4.69, 9.17) is 21.1 Å². The van der Waals surface area contributed by atoms with E-state index in [1.165, 1.54) is 12.8 Å². The molecule has 0 bridgehead atoms. The molecule has 1 aliphatic heterocycles. The molecule has 0 aliphatic carbocycles. The molecule has 0 spiro atoms. The first-order chi connectivity index (χ1) is 6.83. The molecule has 0 aromatic rings. The Labute approximate surface area is 91.1 Å². The van der Waals surface area contributed by atoms with Gasteiger partial charge in [0.2, 0.25) is 0 Å². The number of methoxy groups -OCH3 is 1. The van der Waals surface area contributed by atoms with Crippen LogP contribution in [0.4, 0.5) is 0 Å². The van der Waals surface area contributed by atoms with Gasteiger partial charge in [0, 0.05) is 20.3 Å². The van der Waals surface area contributed by atoms with Crippen LogP contribution in [0.25, 0.3) is 0 Å². The van der Waals surface area contributed by atoms with Gasteiger partial charge >= 0.3 is 0 Å². The summed E-state index contributed by atoms with van der Waals surface area (Å²) in [6.07, 6.45) is 3.99. The van der Waals surface area contributed by atoms with Gasteiger partial charge < -0.3 is 14.8 Å². The molecule has 3 nitrogen and oxygen atoms in total. The van der Waals surface area contributed by atoms with Gasteiger partial charge in [-0.2, -0.15) is 0 Å². The van der Waals surface area contributed by atoms with Crippen LogP contribution in [0.15, 0.2) is 0 Å². The fourth-order valence-electron chi connectivity index (χ4n) is 1.63. The second kappa shape index (κ2) is 7.46. The van der Waals surface area contributed by atoms with Crippen LogP contribution >= 0.6 is 11.6 Å². The second-order valence-corrected chi connectivity index (χ2v) is 4.30.